The molecule has 1 rings (SSSR count). The van der Waals surface area contributed by atoms with Gasteiger partial charge in [-0.05, 0) is 26.0 Å². The highest BCUT2D eigenvalue weighted by Gasteiger charge is 2.06. The zero-order valence-corrected chi connectivity index (χ0v) is 10.7. The quantitative estimate of drug-likeness (QED) is 0.800. The average molecular weight is 222 g/mol. The van der Waals surface area contributed by atoms with Gasteiger partial charge in [0, 0.05) is 26.7 Å². The van der Waals surface area contributed by atoms with E-state index in [0.29, 0.717) is 6.04 Å². The predicted octanol–water partition coefficient (Wildman–Crippen LogP) is 2.59. The number of rotatable bonds is 6. The van der Waals surface area contributed by atoms with Crippen LogP contribution in [0, 0.1) is 0 Å². The zero-order valence-electron chi connectivity index (χ0n) is 10.7. The van der Waals surface area contributed by atoms with E-state index in [4.69, 9.17) is 4.74 Å². The monoisotopic (exact) mass is 222 g/mol. The van der Waals surface area contributed by atoms with Gasteiger partial charge in [0.2, 0.25) is 0 Å². The summed E-state index contributed by atoms with van der Waals surface area (Å²) in [4.78, 5) is 2.11. The topological polar surface area (TPSA) is 24.5 Å². The first-order chi connectivity index (χ1) is 7.65. The number of nitrogens with one attached hydrogen (secondary N) is 1. The van der Waals surface area contributed by atoms with Crippen LogP contribution in [-0.4, -0.2) is 33.4 Å². The maximum Gasteiger partial charge on any atom is 0.0664 e. The lowest BCUT2D eigenvalue weighted by molar-refractivity contribution is 0.141. The van der Waals surface area contributed by atoms with Gasteiger partial charge < -0.3 is 15.0 Å². The molecule has 0 saturated heterocycles. The van der Waals surface area contributed by atoms with Crippen LogP contribution in [0.3, 0.4) is 0 Å². The Balaban J connectivity index is 2.65. The van der Waals surface area contributed by atoms with Crippen LogP contribution >= 0.6 is 0 Å². The molecule has 1 atom stereocenters. The first-order valence-electron chi connectivity index (χ1n) is 5.75. The van der Waals surface area contributed by atoms with Crippen molar-refractivity contribution < 1.29 is 4.74 Å². The Labute approximate surface area is 98.4 Å². The summed E-state index contributed by atoms with van der Waals surface area (Å²) < 4.78 is 5.39. The molecule has 1 unspecified atom stereocenters. The van der Waals surface area contributed by atoms with Crippen molar-refractivity contribution in [1.82, 2.24) is 0 Å². The Morgan fingerprint density at radius 3 is 2.62 bits per heavy atom. The fourth-order valence-corrected chi connectivity index (χ4v) is 1.59. The molecule has 0 aliphatic carbocycles. The lowest BCUT2D eigenvalue weighted by atomic mass is 10.2. The number of anilines is 2. The molecule has 1 aromatic rings. The smallest absolute Gasteiger partial charge is 0.0664 e. The highest BCUT2D eigenvalue weighted by molar-refractivity contribution is 5.69. The minimum absolute atomic E-state index is 0.320. The van der Waals surface area contributed by atoms with E-state index in [2.05, 4.69) is 29.3 Å². The molecule has 0 aliphatic heterocycles. The third-order valence-electron chi connectivity index (χ3n) is 2.36. The van der Waals surface area contributed by atoms with Gasteiger partial charge in [0.1, 0.15) is 0 Å². The first-order valence-corrected chi connectivity index (χ1v) is 5.75. The number of ether oxygens (including phenoxy) is 1. The zero-order chi connectivity index (χ0) is 12.0. The van der Waals surface area contributed by atoms with Gasteiger partial charge in [-0.15, -0.1) is 0 Å². The van der Waals surface area contributed by atoms with Crippen molar-refractivity contribution in [3.05, 3.63) is 24.3 Å². The largest absolute Gasteiger partial charge is 0.380 e. The van der Waals surface area contributed by atoms with E-state index >= 15 is 0 Å². The molecular weight excluding hydrogens is 200 g/mol. The van der Waals surface area contributed by atoms with Crippen molar-refractivity contribution in [3.8, 4) is 0 Å². The van der Waals surface area contributed by atoms with Gasteiger partial charge in [-0.1, -0.05) is 12.1 Å². The second-order valence-corrected chi connectivity index (χ2v) is 4.12. The molecule has 0 amide bonds. The molecule has 3 heteroatoms. The minimum atomic E-state index is 0.320. The number of benzene rings is 1. The van der Waals surface area contributed by atoms with Gasteiger partial charge in [0.25, 0.3) is 0 Å². The molecule has 90 valence electrons. The molecule has 1 aromatic carbocycles. The first kappa shape index (κ1) is 12.8. The third-order valence-corrected chi connectivity index (χ3v) is 2.36. The lowest BCUT2D eigenvalue weighted by Gasteiger charge is -2.21. The summed E-state index contributed by atoms with van der Waals surface area (Å²) >= 11 is 0. The van der Waals surface area contributed by atoms with Gasteiger partial charge in [-0.25, -0.2) is 0 Å². The van der Waals surface area contributed by atoms with Crippen LogP contribution in [-0.2, 0) is 4.74 Å². The van der Waals surface area contributed by atoms with Crippen molar-refractivity contribution in [1.29, 1.82) is 0 Å². The van der Waals surface area contributed by atoms with E-state index in [0.717, 1.165) is 18.9 Å². The van der Waals surface area contributed by atoms with Crippen LogP contribution in [0.15, 0.2) is 24.3 Å². The Morgan fingerprint density at radius 1 is 1.31 bits per heavy atom. The lowest BCUT2D eigenvalue weighted by Crippen LogP contribution is -2.23. The Bertz CT molecular complexity index is 313. The second kappa shape index (κ2) is 6.38. The highest BCUT2D eigenvalue weighted by Crippen LogP contribution is 2.23. The molecule has 0 heterocycles. The molecular formula is C13H22N2O. The Kier molecular flexibility index (Phi) is 5.12. The van der Waals surface area contributed by atoms with Gasteiger partial charge in [-0.3, -0.25) is 0 Å². The highest BCUT2D eigenvalue weighted by atomic mass is 16.5. The third kappa shape index (κ3) is 3.74. The summed E-state index contributed by atoms with van der Waals surface area (Å²) in [5.74, 6) is 0. The number of hydrogen-bond donors (Lipinski definition) is 1. The van der Waals surface area contributed by atoms with Gasteiger partial charge in [-0.2, -0.15) is 0 Å². The molecule has 0 bridgehead atoms. The molecule has 0 saturated carbocycles. The fraction of sp³-hybridized carbons (Fsp3) is 0.538. The van der Waals surface area contributed by atoms with E-state index in [1.165, 1.54) is 5.69 Å². The fourth-order valence-electron chi connectivity index (χ4n) is 1.59. The van der Waals surface area contributed by atoms with E-state index in [1.54, 1.807) is 0 Å². The maximum atomic E-state index is 5.39. The van der Waals surface area contributed by atoms with Crippen LogP contribution in [0.4, 0.5) is 11.4 Å². The van der Waals surface area contributed by atoms with Crippen molar-refractivity contribution in [3.63, 3.8) is 0 Å². The van der Waals surface area contributed by atoms with Crippen molar-refractivity contribution in [2.45, 2.75) is 19.9 Å². The molecule has 0 aromatic heterocycles. The van der Waals surface area contributed by atoms with E-state index in [9.17, 15) is 0 Å². The summed E-state index contributed by atoms with van der Waals surface area (Å²) in [6.45, 7) is 5.64. The summed E-state index contributed by atoms with van der Waals surface area (Å²) in [6, 6.07) is 8.62. The number of hydrogen-bond acceptors (Lipinski definition) is 3. The number of para-hydroxylation sites is 2. The predicted molar refractivity (Wildman–Crippen MR) is 70.3 cm³/mol. The van der Waals surface area contributed by atoms with Gasteiger partial charge in [0.05, 0.1) is 18.0 Å². The van der Waals surface area contributed by atoms with E-state index in [1.807, 2.05) is 33.2 Å². The minimum Gasteiger partial charge on any atom is -0.380 e. The average Bonchev–Trinajstić information content (AvgIpc) is 2.27. The molecule has 0 radical (unpaired) electrons. The standard InChI is InChI=1S/C13H22N2O/c1-5-16-10-11(2)14-12-8-6-7-9-13(12)15(3)4/h6-9,11,14H,5,10H2,1-4H3. The Morgan fingerprint density at radius 2 is 2.00 bits per heavy atom. The molecule has 0 spiro atoms. The summed E-state index contributed by atoms with van der Waals surface area (Å²) in [5, 5.41) is 3.46. The van der Waals surface area contributed by atoms with Crippen LogP contribution in [0.2, 0.25) is 0 Å². The van der Waals surface area contributed by atoms with Crippen LogP contribution in [0.1, 0.15) is 13.8 Å². The normalized spacial score (nSPS) is 12.2. The summed E-state index contributed by atoms with van der Waals surface area (Å²) in [7, 11) is 4.10. The number of nitrogens with zero attached hydrogens (tertiary/aromatic N) is 1. The van der Waals surface area contributed by atoms with Crippen molar-refractivity contribution >= 4 is 11.4 Å². The molecule has 0 fully saturated rings. The van der Waals surface area contributed by atoms with Crippen LogP contribution in [0.5, 0.6) is 0 Å². The van der Waals surface area contributed by atoms with Crippen LogP contribution < -0.4 is 10.2 Å². The van der Waals surface area contributed by atoms with E-state index < -0.39 is 0 Å². The van der Waals surface area contributed by atoms with Crippen LogP contribution in [0.25, 0.3) is 0 Å². The molecule has 3 nitrogen and oxygen atoms in total. The van der Waals surface area contributed by atoms with Crippen molar-refractivity contribution in [2.24, 2.45) is 0 Å². The molecule has 1 N–H and O–H groups in total. The SMILES string of the molecule is CCOCC(C)Nc1ccccc1N(C)C. The van der Waals surface area contributed by atoms with Gasteiger partial charge in [0.15, 0.2) is 0 Å². The van der Waals surface area contributed by atoms with Gasteiger partial charge >= 0.3 is 0 Å². The second-order valence-electron chi connectivity index (χ2n) is 4.12. The summed E-state index contributed by atoms with van der Waals surface area (Å²) in [5.41, 5.74) is 2.35. The molecule has 16 heavy (non-hydrogen) atoms. The van der Waals surface area contributed by atoms with Crippen molar-refractivity contribution in [2.75, 3.05) is 37.5 Å². The van der Waals surface area contributed by atoms with E-state index in [-0.39, 0.29) is 0 Å². The molecule has 0 aliphatic rings. The maximum absolute atomic E-state index is 5.39. The summed E-state index contributed by atoms with van der Waals surface area (Å²) in [6.07, 6.45) is 0. The Hall–Kier alpha value is -1.22.